The van der Waals surface area contributed by atoms with Crippen LogP contribution in [0, 0.1) is 0 Å². The highest BCUT2D eigenvalue weighted by Gasteiger charge is 2.09. The summed E-state index contributed by atoms with van der Waals surface area (Å²) in [5.41, 5.74) is 1.87. The first-order valence-corrected chi connectivity index (χ1v) is 8.61. The highest BCUT2D eigenvalue weighted by atomic mass is 35.5. The van der Waals surface area contributed by atoms with Gasteiger partial charge in [-0.05, 0) is 47.3 Å². The maximum atomic E-state index is 12.0. The molecule has 0 spiro atoms. The van der Waals surface area contributed by atoms with Crippen LogP contribution in [-0.4, -0.2) is 17.5 Å². The minimum atomic E-state index is -0.189. The topological polar surface area (TPSA) is 51.2 Å². The van der Waals surface area contributed by atoms with Gasteiger partial charge in [0, 0.05) is 17.8 Å². The summed E-state index contributed by atoms with van der Waals surface area (Å²) in [6.45, 7) is 0.361. The van der Waals surface area contributed by atoms with Crippen molar-refractivity contribution in [3.8, 4) is 16.3 Å². The van der Waals surface area contributed by atoms with E-state index >= 15 is 0 Å². The number of pyridine rings is 1. The molecule has 0 saturated carbocycles. The van der Waals surface area contributed by atoms with Crippen LogP contribution in [0.2, 0.25) is 5.02 Å². The Morgan fingerprint density at radius 2 is 2.00 bits per heavy atom. The molecule has 122 valence electrons. The Bertz CT molecular complexity index is 804. The number of benzene rings is 1. The minimum Gasteiger partial charge on any atom is -0.484 e. The largest absolute Gasteiger partial charge is 0.484 e. The van der Waals surface area contributed by atoms with Crippen LogP contribution in [0.15, 0.2) is 60.1 Å². The Morgan fingerprint density at radius 1 is 1.17 bits per heavy atom. The van der Waals surface area contributed by atoms with Crippen molar-refractivity contribution in [2.45, 2.75) is 6.54 Å². The lowest BCUT2D eigenvalue weighted by Gasteiger charge is -2.10. The zero-order valence-corrected chi connectivity index (χ0v) is 14.3. The van der Waals surface area contributed by atoms with Crippen molar-refractivity contribution in [1.82, 2.24) is 10.3 Å². The minimum absolute atomic E-state index is 0.0454. The van der Waals surface area contributed by atoms with E-state index in [4.69, 9.17) is 16.3 Å². The molecule has 1 N–H and O–H groups in total. The third-order valence-corrected chi connectivity index (χ3v) is 4.43. The number of nitrogens with one attached hydrogen (secondary N) is 1. The molecular formula is C18H15ClN2O2S. The number of ether oxygens (including phenoxy) is 1. The molecule has 3 rings (SSSR count). The molecule has 3 aromatic rings. The van der Waals surface area contributed by atoms with E-state index in [1.165, 1.54) is 0 Å². The summed E-state index contributed by atoms with van der Waals surface area (Å²) in [6.07, 6.45) is 1.75. The van der Waals surface area contributed by atoms with Gasteiger partial charge in [-0.15, -0.1) is 11.3 Å². The predicted octanol–water partition coefficient (Wildman–Crippen LogP) is 4.16. The molecule has 4 nitrogen and oxygen atoms in total. The summed E-state index contributed by atoms with van der Waals surface area (Å²) in [6, 6.07) is 14.7. The van der Waals surface area contributed by atoms with E-state index in [9.17, 15) is 4.79 Å². The first kappa shape index (κ1) is 16.5. The van der Waals surface area contributed by atoms with E-state index < -0.39 is 0 Å². The Morgan fingerprint density at radius 3 is 2.75 bits per heavy atom. The Hall–Kier alpha value is -2.37. The molecule has 0 atom stereocenters. The van der Waals surface area contributed by atoms with Gasteiger partial charge in [-0.1, -0.05) is 23.7 Å². The maximum Gasteiger partial charge on any atom is 0.258 e. The van der Waals surface area contributed by atoms with Crippen LogP contribution in [0.3, 0.4) is 0 Å². The fourth-order valence-corrected chi connectivity index (χ4v) is 3.02. The molecule has 0 aliphatic carbocycles. The molecule has 0 unspecified atom stereocenters. The number of carbonyl (C=O) groups is 1. The average Bonchev–Trinajstić information content (AvgIpc) is 3.14. The highest BCUT2D eigenvalue weighted by molar-refractivity contribution is 7.13. The second-order valence-corrected chi connectivity index (χ2v) is 6.39. The molecule has 1 aromatic carbocycles. The summed E-state index contributed by atoms with van der Waals surface area (Å²) in [7, 11) is 0. The van der Waals surface area contributed by atoms with Crippen molar-refractivity contribution in [3.63, 3.8) is 0 Å². The molecule has 0 aliphatic heterocycles. The maximum absolute atomic E-state index is 12.0. The summed E-state index contributed by atoms with van der Waals surface area (Å²) in [4.78, 5) is 17.5. The third kappa shape index (κ3) is 4.34. The number of rotatable bonds is 6. The molecule has 6 heteroatoms. The molecular weight excluding hydrogens is 344 g/mol. The van der Waals surface area contributed by atoms with Gasteiger partial charge in [0.25, 0.3) is 5.91 Å². The van der Waals surface area contributed by atoms with Gasteiger partial charge in [-0.3, -0.25) is 9.78 Å². The van der Waals surface area contributed by atoms with E-state index in [0.29, 0.717) is 17.3 Å². The molecule has 0 aliphatic rings. The number of halogens is 1. The smallest absolute Gasteiger partial charge is 0.258 e. The highest BCUT2D eigenvalue weighted by Crippen LogP contribution is 2.25. The van der Waals surface area contributed by atoms with E-state index in [0.717, 1.165) is 16.1 Å². The first-order chi connectivity index (χ1) is 11.7. The number of hydrogen-bond donors (Lipinski definition) is 1. The third-order valence-electron chi connectivity index (χ3n) is 3.31. The van der Waals surface area contributed by atoms with Gasteiger partial charge >= 0.3 is 0 Å². The van der Waals surface area contributed by atoms with Crippen LogP contribution in [0.25, 0.3) is 10.6 Å². The van der Waals surface area contributed by atoms with Gasteiger partial charge in [0.15, 0.2) is 6.61 Å². The van der Waals surface area contributed by atoms with Gasteiger partial charge in [0.1, 0.15) is 5.75 Å². The number of nitrogens with zero attached hydrogens (tertiary/aromatic N) is 1. The fraction of sp³-hybridized carbons (Fsp3) is 0.111. The Balaban J connectivity index is 1.56. The van der Waals surface area contributed by atoms with Crippen LogP contribution in [-0.2, 0) is 11.3 Å². The van der Waals surface area contributed by atoms with E-state index in [1.54, 1.807) is 41.8 Å². The summed E-state index contributed by atoms with van der Waals surface area (Å²) in [5.74, 6) is 0.418. The van der Waals surface area contributed by atoms with E-state index in [2.05, 4.69) is 10.3 Å². The summed E-state index contributed by atoms with van der Waals surface area (Å²) >= 11 is 7.43. The predicted molar refractivity (Wildman–Crippen MR) is 96.3 cm³/mol. The molecule has 2 aromatic heterocycles. The van der Waals surface area contributed by atoms with E-state index in [1.807, 2.05) is 29.6 Å². The van der Waals surface area contributed by atoms with Crippen molar-refractivity contribution in [1.29, 1.82) is 0 Å². The zero-order valence-electron chi connectivity index (χ0n) is 12.7. The molecule has 24 heavy (non-hydrogen) atoms. The van der Waals surface area contributed by atoms with Gasteiger partial charge in [-0.25, -0.2) is 0 Å². The lowest BCUT2D eigenvalue weighted by molar-refractivity contribution is -0.123. The van der Waals surface area contributed by atoms with E-state index in [-0.39, 0.29) is 12.5 Å². The van der Waals surface area contributed by atoms with Crippen LogP contribution in [0.1, 0.15) is 5.56 Å². The first-order valence-electron chi connectivity index (χ1n) is 7.35. The SMILES string of the molecule is O=C(COc1ccc(Cl)cc1)NCc1cccnc1-c1cccs1. The normalized spacial score (nSPS) is 10.4. The summed E-state index contributed by atoms with van der Waals surface area (Å²) < 4.78 is 5.43. The Kier molecular flexibility index (Phi) is 5.46. The zero-order chi connectivity index (χ0) is 16.8. The lowest BCUT2D eigenvalue weighted by Crippen LogP contribution is -2.28. The van der Waals surface area contributed by atoms with Crippen LogP contribution in [0.5, 0.6) is 5.75 Å². The van der Waals surface area contributed by atoms with Gasteiger partial charge < -0.3 is 10.1 Å². The van der Waals surface area contributed by atoms with Gasteiger partial charge in [-0.2, -0.15) is 0 Å². The second-order valence-electron chi connectivity index (χ2n) is 5.01. The molecule has 0 bridgehead atoms. The summed E-state index contributed by atoms with van der Waals surface area (Å²) in [5, 5.41) is 5.49. The van der Waals surface area contributed by atoms with Crippen molar-refractivity contribution in [3.05, 3.63) is 70.7 Å². The van der Waals surface area contributed by atoms with Crippen molar-refractivity contribution < 1.29 is 9.53 Å². The van der Waals surface area contributed by atoms with Gasteiger partial charge in [0.05, 0.1) is 10.6 Å². The Labute approximate surface area is 149 Å². The van der Waals surface area contributed by atoms with Crippen LogP contribution >= 0.6 is 22.9 Å². The molecule has 0 fully saturated rings. The van der Waals surface area contributed by atoms with Gasteiger partial charge in [0.2, 0.25) is 0 Å². The lowest BCUT2D eigenvalue weighted by atomic mass is 10.1. The fourth-order valence-electron chi connectivity index (χ4n) is 2.14. The average molecular weight is 359 g/mol. The number of thiophene rings is 1. The second kappa shape index (κ2) is 7.95. The number of amides is 1. The quantitative estimate of drug-likeness (QED) is 0.719. The monoisotopic (exact) mass is 358 g/mol. The molecule has 0 saturated heterocycles. The molecule has 0 radical (unpaired) electrons. The molecule has 1 amide bonds. The molecule has 2 heterocycles. The van der Waals surface area contributed by atoms with Crippen molar-refractivity contribution in [2.24, 2.45) is 0 Å². The van der Waals surface area contributed by atoms with Crippen molar-refractivity contribution in [2.75, 3.05) is 6.61 Å². The van der Waals surface area contributed by atoms with Crippen molar-refractivity contribution >= 4 is 28.8 Å². The standard InChI is InChI=1S/C18H15ClN2O2S/c19-14-5-7-15(8-6-14)23-12-17(22)21-11-13-3-1-9-20-18(13)16-4-2-10-24-16/h1-10H,11-12H2,(H,21,22). The number of aromatic nitrogens is 1. The van der Waals surface area contributed by atoms with Crippen LogP contribution < -0.4 is 10.1 Å². The van der Waals surface area contributed by atoms with Crippen LogP contribution in [0.4, 0.5) is 0 Å². The number of carbonyl (C=O) groups excluding carboxylic acids is 1. The number of hydrogen-bond acceptors (Lipinski definition) is 4.